The molecule has 0 saturated heterocycles. The van der Waals surface area contributed by atoms with E-state index in [0.717, 1.165) is 10.9 Å². The van der Waals surface area contributed by atoms with Gasteiger partial charge in [0, 0.05) is 37.1 Å². The number of nitrogens with zero attached hydrogens (tertiary/aromatic N) is 1. The highest BCUT2D eigenvalue weighted by Gasteiger charge is 2.22. The molecule has 0 aliphatic rings. The number of rotatable bonds is 12. The average molecular weight is 784 g/mol. The second-order valence-electron chi connectivity index (χ2n) is 9.92. The SMILES string of the molecule is CCOc1ccc2[nH]c(C(=O)NN=Cc3cc(Br)cc(Br)c3OC(=O)c3ccc(OCC)c(OCC)c3)c(-c3ccccc3Cl)c2c1. The summed E-state index contributed by atoms with van der Waals surface area (Å²) in [6.45, 7) is 6.96. The van der Waals surface area contributed by atoms with E-state index in [9.17, 15) is 9.59 Å². The Labute approximate surface area is 293 Å². The lowest BCUT2D eigenvalue weighted by atomic mass is 10.0. The smallest absolute Gasteiger partial charge is 0.343 e. The van der Waals surface area contributed by atoms with E-state index in [1.807, 2.05) is 57.2 Å². The van der Waals surface area contributed by atoms with E-state index in [2.05, 4.69) is 47.4 Å². The van der Waals surface area contributed by atoms with Gasteiger partial charge in [-0.3, -0.25) is 4.79 Å². The molecule has 0 atom stereocenters. The first-order chi connectivity index (χ1) is 22.7. The minimum Gasteiger partial charge on any atom is -0.494 e. The molecular weight excluding hydrogens is 754 g/mol. The molecule has 4 aromatic carbocycles. The molecule has 1 amide bonds. The third-order valence-corrected chi connectivity index (χ3v) is 8.21. The van der Waals surface area contributed by atoms with Crippen LogP contribution in [-0.2, 0) is 0 Å². The molecule has 0 bridgehead atoms. The van der Waals surface area contributed by atoms with Crippen LogP contribution in [0, 0.1) is 0 Å². The Kier molecular flexibility index (Phi) is 11.2. The van der Waals surface area contributed by atoms with Gasteiger partial charge in [0.2, 0.25) is 0 Å². The number of fused-ring (bicyclic) bond motifs is 1. The zero-order chi connectivity index (χ0) is 33.5. The van der Waals surface area contributed by atoms with E-state index in [1.54, 1.807) is 36.4 Å². The number of amides is 1. The second-order valence-corrected chi connectivity index (χ2v) is 12.1. The van der Waals surface area contributed by atoms with Crippen molar-refractivity contribution in [1.82, 2.24) is 10.4 Å². The molecule has 2 N–H and O–H groups in total. The van der Waals surface area contributed by atoms with Gasteiger partial charge < -0.3 is 23.9 Å². The number of benzene rings is 4. The number of esters is 1. The summed E-state index contributed by atoms with van der Waals surface area (Å²) in [4.78, 5) is 30.1. The Bertz CT molecular complexity index is 1980. The maximum Gasteiger partial charge on any atom is 0.343 e. The van der Waals surface area contributed by atoms with Crippen LogP contribution in [0.3, 0.4) is 0 Å². The third kappa shape index (κ3) is 7.81. The van der Waals surface area contributed by atoms with Gasteiger partial charge in [-0.1, -0.05) is 45.7 Å². The lowest BCUT2D eigenvalue weighted by molar-refractivity contribution is 0.0732. The first kappa shape index (κ1) is 34.0. The summed E-state index contributed by atoms with van der Waals surface area (Å²) < 4.78 is 24.0. The number of carbonyl (C=O) groups excluding carboxylic acids is 2. The molecule has 47 heavy (non-hydrogen) atoms. The molecule has 12 heteroatoms. The second kappa shape index (κ2) is 15.5. The minimum atomic E-state index is -0.621. The number of aromatic nitrogens is 1. The van der Waals surface area contributed by atoms with Crippen LogP contribution in [0.2, 0.25) is 5.02 Å². The fraction of sp³-hybridized carbons (Fsp3) is 0.171. The number of ether oxygens (including phenoxy) is 4. The molecule has 1 heterocycles. The Balaban J connectivity index is 1.44. The van der Waals surface area contributed by atoms with Crippen LogP contribution < -0.4 is 24.4 Å². The summed E-state index contributed by atoms with van der Waals surface area (Å²) in [5.74, 6) is 0.709. The topological polar surface area (TPSA) is 111 Å². The standard InChI is InChI=1S/C35H30Br2ClN3O6/c1-4-44-23-12-13-28-25(18-23)31(24-9-7-8-10-27(24)38)32(40-28)34(42)41-39-19-21-15-22(36)17-26(37)33(21)47-35(43)20-11-14-29(45-5-2)30(16-20)46-6-3/h7-19,40H,4-6H2,1-3H3,(H,41,42). The van der Waals surface area contributed by atoms with E-state index in [4.69, 9.17) is 30.5 Å². The monoisotopic (exact) mass is 781 g/mol. The van der Waals surface area contributed by atoms with E-state index < -0.39 is 11.9 Å². The largest absolute Gasteiger partial charge is 0.494 e. The van der Waals surface area contributed by atoms with Gasteiger partial charge in [0.15, 0.2) is 17.2 Å². The molecule has 1 aromatic heterocycles. The van der Waals surface area contributed by atoms with Crippen molar-refractivity contribution in [3.05, 3.63) is 104 Å². The normalized spacial score (nSPS) is 11.1. The number of carbonyl (C=O) groups is 2. The third-order valence-electron chi connectivity index (χ3n) is 6.83. The molecule has 0 aliphatic heterocycles. The molecule has 0 radical (unpaired) electrons. The number of nitrogens with one attached hydrogen (secondary N) is 2. The molecule has 9 nitrogen and oxygen atoms in total. The van der Waals surface area contributed by atoms with Crippen molar-refractivity contribution in [2.24, 2.45) is 5.10 Å². The predicted octanol–water partition coefficient (Wildman–Crippen LogP) is 9.19. The fourth-order valence-corrected chi connectivity index (χ4v) is 6.44. The van der Waals surface area contributed by atoms with Gasteiger partial charge in [-0.2, -0.15) is 5.10 Å². The van der Waals surface area contributed by atoms with Crippen LogP contribution in [0.4, 0.5) is 0 Å². The number of H-pyrrole nitrogens is 1. The Morgan fingerprint density at radius 2 is 1.64 bits per heavy atom. The van der Waals surface area contributed by atoms with Gasteiger partial charge in [0.25, 0.3) is 5.91 Å². The van der Waals surface area contributed by atoms with Crippen LogP contribution in [0.1, 0.15) is 47.2 Å². The van der Waals surface area contributed by atoms with E-state index in [0.29, 0.717) is 67.7 Å². The van der Waals surface area contributed by atoms with Crippen molar-refractivity contribution in [3.63, 3.8) is 0 Å². The lowest BCUT2D eigenvalue weighted by Crippen LogP contribution is -2.19. The van der Waals surface area contributed by atoms with Gasteiger partial charge in [-0.15, -0.1) is 0 Å². The van der Waals surface area contributed by atoms with E-state index in [1.165, 1.54) is 6.21 Å². The van der Waals surface area contributed by atoms with Gasteiger partial charge >= 0.3 is 5.97 Å². The summed E-state index contributed by atoms with van der Waals surface area (Å²) in [5, 5.41) is 5.47. The molecule has 5 aromatic rings. The minimum absolute atomic E-state index is 0.203. The van der Waals surface area contributed by atoms with Crippen LogP contribution in [-0.4, -0.2) is 42.9 Å². The summed E-state index contributed by atoms with van der Waals surface area (Å²) >= 11 is 13.5. The molecule has 0 spiro atoms. The van der Waals surface area contributed by atoms with E-state index >= 15 is 0 Å². The van der Waals surface area contributed by atoms with Gasteiger partial charge in [0.1, 0.15) is 11.4 Å². The molecule has 0 fully saturated rings. The molecule has 5 rings (SSSR count). The summed E-state index contributed by atoms with van der Waals surface area (Å²) in [7, 11) is 0. The van der Waals surface area contributed by atoms with Gasteiger partial charge in [0.05, 0.1) is 36.1 Å². The van der Waals surface area contributed by atoms with Crippen molar-refractivity contribution in [3.8, 4) is 34.1 Å². The van der Waals surface area contributed by atoms with Crippen molar-refractivity contribution in [2.45, 2.75) is 20.8 Å². The van der Waals surface area contributed by atoms with Crippen LogP contribution >= 0.6 is 43.5 Å². The maximum absolute atomic E-state index is 13.6. The van der Waals surface area contributed by atoms with Gasteiger partial charge in [-0.25, -0.2) is 10.2 Å². The summed E-state index contributed by atoms with van der Waals surface area (Å²) in [5.41, 5.74) is 5.55. The maximum atomic E-state index is 13.6. The molecule has 0 unspecified atom stereocenters. The Hall–Kier alpha value is -4.32. The number of hydrogen-bond acceptors (Lipinski definition) is 7. The fourth-order valence-electron chi connectivity index (χ4n) is 4.87. The van der Waals surface area contributed by atoms with Gasteiger partial charge in [-0.05, 0) is 91.3 Å². The van der Waals surface area contributed by atoms with Crippen LogP contribution in [0.25, 0.3) is 22.0 Å². The highest BCUT2D eigenvalue weighted by molar-refractivity contribution is 9.11. The van der Waals surface area contributed by atoms with Crippen LogP contribution in [0.15, 0.2) is 86.8 Å². The zero-order valence-electron chi connectivity index (χ0n) is 25.7. The van der Waals surface area contributed by atoms with Crippen LogP contribution in [0.5, 0.6) is 23.0 Å². The number of halogens is 3. The number of aromatic amines is 1. The number of hydrazone groups is 1. The molecule has 0 aliphatic carbocycles. The van der Waals surface area contributed by atoms with Crippen molar-refractivity contribution in [2.75, 3.05) is 19.8 Å². The average Bonchev–Trinajstić information content (AvgIpc) is 3.42. The quantitative estimate of drug-likeness (QED) is 0.0565. The molecular formula is C35H30Br2ClN3O6. The Morgan fingerprint density at radius 1 is 0.894 bits per heavy atom. The predicted molar refractivity (Wildman–Crippen MR) is 191 cm³/mol. The highest BCUT2D eigenvalue weighted by Crippen LogP contribution is 2.38. The zero-order valence-corrected chi connectivity index (χ0v) is 29.6. The van der Waals surface area contributed by atoms with E-state index in [-0.39, 0.29) is 17.0 Å². The first-order valence-electron chi connectivity index (χ1n) is 14.7. The highest BCUT2D eigenvalue weighted by atomic mass is 79.9. The molecule has 0 saturated carbocycles. The summed E-state index contributed by atoms with van der Waals surface area (Å²) in [6.07, 6.45) is 1.39. The molecule has 242 valence electrons. The Morgan fingerprint density at radius 3 is 2.38 bits per heavy atom. The lowest BCUT2D eigenvalue weighted by Gasteiger charge is -2.13. The first-order valence-corrected chi connectivity index (χ1v) is 16.7. The van der Waals surface area contributed by atoms with Crippen molar-refractivity contribution >= 4 is 72.5 Å². The number of hydrogen-bond donors (Lipinski definition) is 2. The van der Waals surface area contributed by atoms with Crippen molar-refractivity contribution in [1.29, 1.82) is 0 Å². The van der Waals surface area contributed by atoms with Crippen molar-refractivity contribution < 1.29 is 28.5 Å². The summed E-state index contributed by atoms with van der Waals surface area (Å²) in [6, 6.07) is 21.1.